The molecule has 8 heteroatoms. The van der Waals surface area contributed by atoms with Gasteiger partial charge in [-0.3, -0.25) is 0 Å². The van der Waals surface area contributed by atoms with Crippen LogP contribution in [0.2, 0.25) is 0 Å². The smallest absolute Gasteiger partial charge is 0.229 e. The van der Waals surface area contributed by atoms with E-state index >= 15 is 0 Å². The molecule has 5 atom stereocenters. The fourth-order valence-corrected chi connectivity index (χ4v) is 2.26. The molecule has 22 heavy (non-hydrogen) atoms. The summed E-state index contributed by atoms with van der Waals surface area (Å²) in [6, 6.07) is 4.89. The minimum atomic E-state index is -1.49. The summed E-state index contributed by atoms with van der Waals surface area (Å²) in [6.07, 6.45) is -6.67. The van der Waals surface area contributed by atoms with Crippen molar-refractivity contribution >= 4 is 5.69 Å². The topological polar surface area (TPSA) is 132 Å². The van der Waals surface area contributed by atoms with E-state index < -0.39 is 37.3 Å². The molecule has 1 saturated heterocycles. The van der Waals surface area contributed by atoms with Crippen molar-refractivity contribution in [3.05, 3.63) is 23.8 Å². The number of hydrogen-bond donors (Lipinski definition) is 6. The van der Waals surface area contributed by atoms with Crippen LogP contribution >= 0.6 is 0 Å². The lowest BCUT2D eigenvalue weighted by Gasteiger charge is -2.39. The molecule has 5 unspecified atom stereocenters. The highest BCUT2D eigenvalue weighted by atomic mass is 16.7. The van der Waals surface area contributed by atoms with E-state index in [-0.39, 0.29) is 6.61 Å². The van der Waals surface area contributed by atoms with Crippen molar-refractivity contribution in [1.82, 2.24) is 0 Å². The summed E-state index contributed by atoms with van der Waals surface area (Å²) in [5.41, 5.74) is 1.23. The summed E-state index contributed by atoms with van der Waals surface area (Å²) in [5, 5.41) is 50.6. The number of ether oxygens (including phenoxy) is 2. The lowest BCUT2D eigenvalue weighted by molar-refractivity contribution is -0.277. The Labute approximate surface area is 127 Å². The first-order valence-corrected chi connectivity index (χ1v) is 6.90. The summed E-state index contributed by atoms with van der Waals surface area (Å²) in [6.45, 7) is -0.651. The molecule has 0 bridgehead atoms. The van der Waals surface area contributed by atoms with E-state index in [2.05, 4.69) is 5.32 Å². The molecule has 2 rings (SSSR count). The summed E-state index contributed by atoms with van der Waals surface area (Å²) in [7, 11) is 1.66. The van der Waals surface area contributed by atoms with Gasteiger partial charge in [-0.2, -0.15) is 0 Å². The van der Waals surface area contributed by atoms with Gasteiger partial charge in [0.2, 0.25) is 6.29 Å². The molecule has 1 aliphatic rings. The van der Waals surface area contributed by atoms with Crippen molar-refractivity contribution in [3.8, 4) is 5.75 Å². The van der Waals surface area contributed by atoms with Gasteiger partial charge in [0.25, 0.3) is 0 Å². The lowest BCUT2D eigenvalue weighted by atomic mass is 9.99. The number of aliphatic hydroxyl groups is 5. The van der Waals surface area contributed by atoms with Crippen molar-refractivity contribution in [1.29, 1.82) is 0 Å². The fraction of sp³-hybridized carbons (Fsp3) is 0.571. The molecule has 0 aromatic heterocycles. The molecule has 0 spiro atoms. The first-order chi connectivity index (χ1) is 10.5. The van der Waals surface area contributed by atoms with E-state index in [1.807, 2.05) is 0 Å². The second-order valence-electron chi connectivity index (χ2n) is 5.05. The number of nitrogens with one attached hydrogen (secondary N) is 1. The average Bonchev–Trinajstić information content (AvgIpc) is 2.55. The quantitative estimate of drug-likeness (QED) is 0.383. The summed E-state index contributed by atoms with van der Waals surface area (Å²) in [4.78, 5) is 0. The Morgan fingerprint density at radius 2 is 1.86 bits per heavy atom. The third-order valence-electron chi connectivity index (χ3n) is 3.59. The number of hydrogen-bond acceptors (Lipinski definition) is 8. The number of aliphatic hydroxyl groups excluding tert-OH is 5. The zero-order valence-corrected chi connectivity index (χ0v) is 12.1. The summed E-state index contributed by atoms with van der Waals surface area (Å²) < 4.78 is 10.8. The van der Waals surface area contributed by atoms with Gasteiger partial charge in [-0.05, 0) is 17.7 Å². The van der Waals surface area contributed by atoms with Gasteiger partial charge in [-0.25, -0.2) is 0 Å². The highest BCUT2D eigenvalue weighted by molar-refractivity contribution is 5.57. The molecular formula is C14H21NO7. The Hall–Kier alpha value is -1.42. The Balaban J connectivity index is 2.18. The van der Waals surface area contributed by atoms with Gasteiger partial charge < -0.3 is 40.3 Å². The Morgan fingerprint density at radius 3 is 2.45 bits per heavy atom. The molecule has 1 aromatic rings. The summed E-state index contributed by atoms with van der Waals surface area (Å²) >= 11 is 0. The van der Waals surface area contributed by atoms with Crippen molar-refractivity contribution in [2.75, 3.05) is 19.0 Å². The second-order valence-corrected chi connectivity index (χ2v) is 5.05. The molecule has 124 valence electrons. The molecule has 0 saturated carbocycles. The van der Waals surface area contributed by atoms with Crippen LogP contribution in [-0.2, 0) is 11.3 Å². The maximum Gasteiger partial charge on any atom is 0.229 e. The van der Waals surface area contributed by atoms with E-state index in [1.165, 1.54) is 0 Å². The van der Waals surface area contributed by atoms with Crippen molar-refractivity contribution in [2.45, 2.75) is 37.3 Å². The van der Waals surface area contributed by atoms with Gasteiger partial charge in [0.15, 0.2) is 0 Å². The molecule has 0 radical (unpaired) electrons. The Bertz CT molecular complexity index is 496. The minimum Gasteiger partial charge on any atom is -0.460 e. The standard InChI is InChI=1S/C14H21NO7/c1-15-8-4-7(5-16)2-3-9(8)21-14-13(20)12(19)11(18)10(6-17)22-14/h2-4,10-20H,5-6H2,1H3. The Kier molecular flexibility index (Phi) is 5.57. The van der Waals surface area contributed by atoms with Crippen LogP contribution in [0.4, 0.5) is 5.69 Å². The highest BCUT2D eigenvalue weighted by Gasteiger charge is 2.44. The predicted molar refractivity (Wildman–Crippen MR) is 76.3 cm³/mol. The van der Waals surface area contributed by atoms with Gasteiger partial charge in [0.05, 0.1) is 18.9 Å². The maximum absolute atomic E-state index is 9.94. The molecule has 1 fully saturated rings. The molecule has 8 nitrogen and oxygen atoms in total. The Morgan fingerprint density at radius 1 is 1.14 bits per heavy atom. The summed E-state index contributed by atoms with van der Waals surface area (Å²) in [5.74, 6) is 0.337. The molecule has 1 heterocycles. The van der Waals surface area contributed by atoms with Crippen molar-refractivity contribution in [3.63, 3.8) is 0 Å². The first kappa shape index (κ1) is 16.9. The van der Waals surface area contributed by atoms with E-state index in [1.54, 1.807) is 25.2 Å². The van der Waals surface area contributed by atoms with Gasteiger partial charge in [-0.15, -0.1) is 0 Å². The first-order valence-electron chi connectivity index (χ1n) is 6.90. The molecule has 0 amide bonds. The molecule has 1 aliphatic heterocycles. The van der Waals surface area contributed by atoms with Crippen molar-refractivity contribution in [2.24, 2.45) is 0 Å². The van der Waals surface area contributed by atoms with Crippen LogP contribution < -0.4 is 10.1 Å². The lowest BCUT2D eigenvalue weighted by Crippen LogP contribution is -2.60. The average molecular weight is 315 g/mol. The van der Waals surface area contributed by atoms with Crippen molar-refractivity contribution < 1.29 is 35.0 Å². The van der Waals surface area contributed by atoms with Crippen LogP contribution in [0.15, 0.2) is 18.2 Å². The maximum atomic E-state index is 9.94. The van der Waals surface area contributed by atoms with Crippen LogP contribution in [0.1, 0.15) is 5.56 Å². The number of rotatable bonds is 5. The van der Waals surface area contributed by atoms with Gasteiger partial charge in [0, 0.05) is 7.05 Å². The SMILES string of the molecule is CNc1cc(CO)ccc1OC1OC(CO)C(O)C(O)C1O. The molecular weight excluding hydrogens is 294 g/mol. The number of benzene rings is 1. The molecule has 6 N–H and O–H groups in total. The monoisotopic (exact) mass is 315 g/mol. The van der Waals surface area contributed by atoms with Crippen LogP contribution in [0.5, 0.6) is 5.75 Å². The largest absolute Gasteiger partial charge is 0.460 e. The van der Waals surface area contributed by atoms with Crippen LogP contribution in [0.25, 0.3) is 0 Å². The highest BCUT2D eigenvalue weighted by Crippen LogP contribution is 2.30. The minimum absolute atomic E-state index is 0.130. The second kappa shape index (κ2) is 7.23. The van der Waals surface area contributed by atoms with E-state index in [0.29, 0.717) is 17.0 Å². The van der Waals surface area contributed by atoms with E-state index in [4.69, 9.17) is 19.7 Å². The van der Waals surface area contributed by atoms with E-state index in [9.17, 15) is 15.3 Å². The third kappa shape index (κ3) is 3.32. The third-order valence-corrected chi connectivity index (χ3v) is 3.59. The number of anilines is 1. The van der Waals surface area contributed by atoms with Gasteiger partial charge in [0.1, 0.15) is 30.2 Å². The zero-order chi connectivity index (χ0) is 16.3. The van der Waals surface area contributed by atoms with Gasteiger partial charge in [-0.1, -0.05) is 6.07 Å². The van der Waals surface area contributed by atoms with Crippen LogP contribution in [-0.4, -0.2) is 69.9 Å². The zero-order valence-electron chi connectivity index (χ0n) is 12.1. The normalized spacial score (nSPS) is 31.8. The van der Waals surface area contributed by atoms with E-state index in [0.717, 1.165) is 0 Å². The molecule has 1 aromatic carbocycles. The van der Waals surface area contributed by atoms with Gasteiger partial charge >= 0.3 is 0 Å². The van der Waals surface area contributed by atoms with Crippen LogP contribution in [0, 0.1) is 0 Å². The fourth-order valence-electron chi connectivity index (χ4n) is 2.26. The molecule has 0 aliphatic carbocycles. The predicted octanol–water partition coefficient (Wildman–Crippen LogP) is -1.60. The van der Waals surface area contributed by atoms with Crippen LogP contribution in [0.3, 0.4) is 0 Å².